The van der Waals surface area contributed by atoms with Crippen molar-refractivity contribution in [3.05, 3.63) is 33.1 Å². The van der Waals surface area contributed by atoms with Gasteiger partial charge in [0.05, 0.1) is 17.7 Å². The zero-order valence-corrected chi connectivity index (χ0v) is 12.0. The third-order valence-corrected chi connectivity index (χ3v) is 3.91. The molecule has 0 amide bonds. The van der Waals surface area contributed by atoms with Gasteiger partial charge in [-0.05, 0) is 13.3 Å². The predicted octanol–water partition coefficient (Wildman–Crippen LogP) is 3.46. The number of hydrogen-bond acceptors (Lipinski definition) is 5. The van der Waals surface area contributed by atoms with E-state index in [1.54, 1.807) is 11.3 Å². The van der Waals surface area contributed by atoms with Crippen LogP contribution in [-0.2, 0) is 13.0 Å². The van der Waals surface area contributed by atoms with Crippen LogP contribution in [0.25, 0.3) is 0 Å². The fraction of sp³-hybridized carbons (Fsp3) is 0.417. The zero-order valence-electron chi connectivity index (χ0n) is 10.4. The van der Waals surface area contributed by atoms with E-state index >= 15 is 0 Å². The van der Waals surface area contributed by atoms with Gasteiger partial charge in [-0.25, -0.2) is 15.0 Å². The molecular formula is C12H15ClN4S. The molecule has 18 heavy (non-hydrogen) atoms. The monoisotopic (exact) mass is 282 g/mol. The van der Waals surface area contributed by atoms with E-state index in [1.165, 1.54) is 11.2 Å². The second-order valence-electron chi connectivity index (χ2n) is 3.96. The van der Waals surface area contributed by atoms with Gasteiger partial charge in [-0.3, -0.25) is 0 Å². The van der Waals surface area contributed by atoms with Gasteiger partial charge in [-0.15, -0.1) is 11.3 Å². The van der Waals surface area contributed by atoms with Crippen molar-refractivity contribution in [1.82, 2.24) is 15.0 Å². The Morgan fingerprint density at radius 3 is 2.83 bits per heavy atom. The van der Waals surface area contributed by atoms with E-state index in [2.05, 4.69) is 27.2 Å². The lowest BCUT2D eigenvalue weighted by Crippen LogP contribution is -2.06. The van der Waals surface area contributed by atoms with E-state index < -0.39 is 0 Å². The molecule has 0 unspecified atom stereocenters. The normalized spacial score (nSPS) is 10.6. The van der Waals surface area contributed by atoms with Crippen LogP contribution >= 0.6 is 22.9 Å². The average Bonchev–Trinajstić information content (AvgIpc) is 2.76. The molecule has 0 aromatic carbocycles. The Hall–Kier alpha value is -1.20. The summed E-state index contributed by atoms with van der Waals surface area (Å²) in [5, 5.41) is 3.85. The number of aryl methyl sites for hydroxylation is 1. The fourth-order valence-electron chi connectivity index (χ4n) is 1.67. The first kappa shape index (κ1) is 13.2. The van der Waals surface area contributed by atoms with Crippen molar-refractivity contribution in [3.8, 4) is 0 Å². The number of thiazole rings is 1. The van der Waals surface area contributed by atoms with Crippen molar-refractivity contribution in [2.75, 3.05) is 5.32 Å². The lowest BCUT2D eigenvalue weighted by molar-refractivity contribution is 0.897. The lowest BCUT2D eigenvalue weighted by Gasteiger charge is -2.10. The molecule has 2 rings (SSSR count). The Balaban J connectivity index is 2.14. The van der Waals surface area contributed by atoms with E-state index in [4.69, 9.17) is 11.6 Å². The van der Waals surface area contributed by atoms with Crippen molar-refractivity contribution in [1.29, 1.82) is 0 Å². The van der Waals surface area contributed by atoms with Crippen molar-refractivity contribution in [2.45, 2.75) is 33.2 Å². The number of nitrogens with one attached hydrogen (secondary N) is 1. The summed E-state index contributed by atoms with van der Waals surface area (Å²) in [5.41, 5.74) is 3.90. The molecule has 0 bridgehead atoms. The molecule has 2 aromatic heterocycles. The van der Waals surface area contributed by atoms with Gasteiger partial charge < -0.3 is 5.32 Å². The highest BCUT2D eigenvalue weighted by Crippen LogP contribution is 2.22. The first-order chi connectivity index (χ1) is 8.72. The van der Waals surface area contributed by atoms with E-state index in [9.17, 15) is 0 Å². The summed E-state index contributed by atoms with van der Waals surface area (Å²) >= 11 is 7.74. The van der Waals surface area contributed by atoms with Crippen LogP contribution < -0.4 is 5.32 Å². The highest BCUT2D eigenvalue weighted by molar-refractivity contribution is 7.09. The molecular weight excluding hydrogens is 268 g/mol. The molecule has 96 valence electrons. The van der Waals surface area contributed by atoms with Crippen LogP contribution in [0, 0.1) is 6.92 Å². The highest BCUT2D eigenvalue weighted by Gasteiger charge is 2.09. The second-order valence-corrected chi connectivity index (χ2v) is 5.25. The summed E-state index contributed by atoms with van der Waals surface area (Å²) < 4.78 is 0. The Morgan fingerprint density at radius 1 is 1.33 bits per heavy atom. The largest absolute Gasteiger partial charge is 0.365 e. The molecule has 0 spiro atoms. The fourth-order valence-corrected chi connectivity index (χ4v) is 2.62. The van der Waals surface area contributed by atoms with Gasteiger partial charge in [0.1, 0.15) is 17.3 Å². The first-order valence-electron chi connectivity index (χ1n) is 5.84. The highest BCUT2D eigenvalue weighted by atomic mass is 35.5. The molecule has 4 nitrogen and oxygen atoms in total. The molecule has 0 aliphatic heterocycles. The Bertz CT molecular complexity index is 527. The summed E-state index contributed by atoms with van der Waals surface area (Å²) in [6, 6.07) is 0. The SMILES string of the molecule is CCCc1c(Cl)ncnc1NCc1scnc1C. The third kappa shape index (κ3) is 2.97. The summed E-state index contributed by atoms with van der Waals surface area (Å²) in [7, 11) is 0. The molecule has 0 saturated carbocycles. The molecule has 0 radical (unpaired) electrons. The molecule has 6 heteroatoms. The smallest absolute Gasteiger partial charge is 0.137 e. The molecule has 2 aromatic rings. The van der Waals surface area contributed by atoms with Crippen LogP contribution in [0.4, 0.5) is 5.82 Å². The summed E-state index contributed by atoms with van der Waals surface area (Å²) in [4.78, 5) is 13.7. The third-order valence-electron chi connectivity index (χ3n) is 2.65. The van der Waals surface area contributed by atoms with E-state index in [0.717, 1.165) is 36.5 Å². The number of halogens is 1. The van der Waals surface area contributed by atoms with Gasteiger partial charge in [0, 0.05) is 10.4 Å². The van der Waals surface area contributed by atoms with Crippen LogP contribution in [0.5, 0.6) is 0 Å². The predicted molar refractivity (Wildman–Crippen MR) is 75.2 cm³/mol. The Morgan fingerprint density at radius 2 is 2.17 bits per heavy atom. The number of hydrogen-bond donors (Lipinski definition) is 1. The number of nitrogens with zero attached hydrogens (tertiary/aromatic N) is 3. The summed E-state index contributed by atoms with van der Waals surface area (Å²) in [6.07, 6.45) is 3.38. The van der Waals surface area contributed by atoms with Gasteiger partial charge in [0.15, 0.2) is 0 Å². The van der Waals surface area contributed by atoms with Gasteiger partial charge in [0.2, 0.25) is 0 Å². The molecule has 0 aliphatic carbocycles. The molecule has 2 heterocycles. The maximum Gasteiger partial charge on any atom is 0.137 e. The van der Waals surface area contributed by atoms with Crippen LogP contribution in [0.1, 0.15) is 29.5 Å². The topological polar surface area (TPSA) is 50.7 Å². The van der Waals surface area contributed by atoms with Crippen LogP contribution in [0.15, 0.2) is 11.8 Å². The van der Waals surface area contributed by atoms with Gasteiger partial charge in [-0.2, -0.15) is 0 Å². The summed E-state index contributed by atoms with van der Waals surface area (Å²) in [5.74, 6) is 0.824. The molecule has 0 atom stereocenters. The van der Waals surface area contributed by atoms with Crippen molar-refractivity contribution in [2.24, 2.45) is 0 Å². The van der Waals surface area contributed by atoms with E-state index in [1.807, 2.05) is 12.4 Å². The number of rotatable bonds is 5. The van der Waals surface area contributed by atoms with Crippen LogP contribution in [-0.4, -0.2) is 15.0 Å². The van der Waals surface area contributed by atoms with Gasteiger partial charge in [0.25, 0.3) is 0 Å². The van der Waals surface area contributed by atoms with E-state index in [-0.39, 0.29) is 0 Å². The minimum atomic E-state index is 0.537. The lowest BCUT2D eigenvalue weighted by atomic mass is 10.2. The summed E-state index contributed by atoms with van der Waals surface area (Å²) in [6.45, 7) is 4.84. The maximum absolute atomic E-state index is 6.10. The van der Waals surface area contributed by atoms with Crippen LogP contribution in [0.2, 0.25) is 5.15 Å². The second kappa shape index (κ2) is 6.11. The Labute approximate surface area is 115 Å². The van der Waals surface area contributed by atoms with Crippen molar-refractivity contribution in [3.63, 3.8) is 0 Å². The Kier molecular flexibility index (Phi) is 4.49. The average molecular weight is 283 g/mol. The van der Waals surface area contributed by atoms with Gasteiger partial charge in [-0.1, -0.05) is 24.9 Å². The quantitative estimate of drug-likeness (QED) is 0.853. The van der Waals surface area contributed by atoms with Crippen molar-refractivity contribution < 1.29 is 0 Å². The minimum Gasteiger partial charge on any atom is -0.365 e. The molecule has 0 saturated heterocycles. The molecule has 1 N–H and O–H groups in total. The number of anilines is 1. The standard InChI is InChI=1S/C12H15ClN4S/c1-3-4-9-11(13)15-6-16-12(9)14-5-10-8(2)17-7-18-10/h6-7H,3-5H2,1-2H3,(H,14,15,16). The van der Waals surface area contributed by atoms with Crippen molar-refractivity contribution >= 4 is 28.8 Å². The molecule has 0 fully saturated rings. The van der Waals surface area contributed by atoms with Gasteiger partial charge >= 0.3 is 0 Å². The first-order valence-corrected chi connectivity index (χ1v) is 7.10. The van der Waals surface area contributed by atoms with E-state index in [0.29, 0.717) is 5.15 Å². The molecule has 0 aliphatic rings. The minimum absolute atomic E-state index is 0.537. The van der Waals surface area contributed by atoms with Crippen LogP contribution in [0.3, 0.4) is 0 Å². The zero-order chi connectivity index (χ0) is 13.0. The number of aromatic nitrogens is 3. The maximum atomic E-state index is 6.10.